The third-order valence-electron chi connectivity index (χ3n) is 4.94. The highest BCUT2D eigenvalue weighted by Gasteiger charge is 2.39. The highest BCUT2D eigenvalue weighted by molar-refractivity contribution is 7.16. The van der Waals surface area contributed by atoms with Crippen LogP contribution in [0, 0.1) is 16.7 Å². The zero-order chi connectivity index (χ0) is 14.9. The molecule has 0 saturated heterocycles. The molecule has 0 bridgehead atoms. The van der Waals surface area contributed by atoms with Gasteiger partial charge in [0.2, 0.25) is 5.91 Å². The molecular formula is C16H21N3OS. The number of anilines is 1. The molecule has 1 heterocycles. The molecule has 2 aliphatic rings. The average molecular weight is 303 g/mol. The van der Waals surface area contributed by atoms with Crippen LogP contribution in [0.2, 0.25) is 0 Å². The van der Waals surface area contributed by atoms with E-state index in [9.17, 15) is 10.1 Å². The van der Waals surface area contributed by atoms with Gasteiger partial charge in [0.05, 0.1) is 11.0 Å². The molecule has 0 aromatic carbocycles. The van der Waals surface area contributed by atoms with Crippen LogP contribution in [0.25, 0.3) is 0 Å². The van der Waals surface area contributed by atoms with Crippen LogP contribution in [0.15, 0.2) is 0 Å². The summed E-state index contributed by atoms with van der Waals surface area (Å²) in [6.07, 6.45) is 8.17. The minimum Gasteiger partial charge on any atom is -0.329 e. The first-order chi connectivity index (χ1) is 10.2. The summed E-state index contributed by atoms with van der Waals surface area (Å²) in [5, 5.41) is 13.2. The third kappa shape index (κ3) is 2.47. The summed E-state index contributed by atoms with van der Waals surface area (Å²) in [4.78, 5) is 14.0. The van der Waals surface area contributed by atoms with Gasteiger partial charge in [-0.15, -0.1) is 11.3 Å². The number of nitrogens with one attached hydrogen (secondary N) is 1. The first kappa shape index (κ1) is 14.6. The fourth-order valence-electron chi connectivity index (χ4n) is 3.60. The molecule has 1 fully saturated rings. The van der Waals surface area contributed by atoms with Gasteiger partial charge in [0.15, 0.2) is 0 Å². The fourth-order valence-corrected chi connectivity index (χ4v) is 4.83. The van der Waals surface area contributed by atoms with Gasteiger partial charge in [-0.25, -0.2) is 0 Å². The molecule has 21 heavy (non-hydrogen) atoms. The van der Waals surface area contributed by atoms with E-state index in [1.165, 1.54) is 11.3 Å². The van der Waals surface area contributed by atoms with Crippen LogP contribution >= 0.6 is 11.3 Å². The second-order valence-corrected chi connectivity index (χ2v) is 7.28. The van der Waals surface area contributed by atoms with Crippen LogP contribution in [0.4, 0.5) is 5.00 Å². The molecular weight excluding hydrogens is 282 g/mol. The van der Waals surface area contributed by atoms with Gasteiger partial charge in [0, 0.05) is 11.4 Å². The standard InChI is InChI=1S/C16H21N3OS/c17-9-12-11-5-4-6-13(11)21-14(12)19-15(20)16(10-18)7-2-1-3-8-16/h1-8,10,18H2,(H,19,20). The summed E-state index contributed by atoms with van der Waals surface area (Å²) >= 11 is 1.58. The number of hydrogen-bond donors (Lipinski definition) is 2. The number of aryl methyl sites for hydroxylation is 1. The highest BCUT2D eigenvalue weighted by atomic mass is 32.1. The maximum Gasteiger partial charge on any atom is 0.232 e. The van der Waals surface area contributed by atoms with Gasteiger partial charge in [0.1, 0.15) is 11.1 Å². The van der Waals surface area contributed by atoms with E-state index in [2.05, 4.69) is 11.4 Å². The third-order valence-corrected chi connectivity index (χ3v) is 6.15. The lowest BCUT2D eigenvalue weighted by Gasteiger charge is -2.34. The monoisotopic (exact) mass is 303 g/mol. The van der Waals surface area contributed by atoms with Crippen LogP contribution in [-0.2, 0) is 17.6 Å². The van der Waals surface area contributed by atoms with Crippen LogP contribution in [0.1, 0.15) is 54.5 Å². The molecule has 0 aliphatic heterocycles. The minimum absolute atomic E-state index is 0.0149. The van der Waals surface area contributed by atoms with Crippen molar-refractivity contribution in [1.82, 2.24) is 0 Å². The van der Waals surface area contributed by atoms with E-state index >= 15 is 0 Å². The van der Waals surface area contributed by atoms with Crippen molar-refractivity contribution >= 4 is 22.2 Å². The first-order valence-electron chi connectivity index (χ1n) is 7.76. The Labute approximate surface area is 129 Å². The van der Waals surface area contributed by atoms with E-state index in [1.807, 2.05) is 0 Å². The molecule has 4 nitrogen and oxygen atoms in total. The number of fused-ring (bicyclic) bond motifs is 1. The average Bonchev–Trinajstić information content (AvgIpc) is 3.08. The topological polar surface area (TPSA) is 78.9 Å². The van der Waals surface area contributed by atoms with E-state index < -0.39 is 5.41 Å². The maximum atomic E-state index is 12.7. The quantitative estimate of drug-likeness (QED) is 0.901. The van der Waals surface area contributed by atoms with Gasteiger partial charge >= 0.3 is 0 Å². The lowest BCUT2D eigenvalue weighted by molar-refractivity contribution is -0.126. The molecule has 3 N–H and O–H groups in total. The van der Waals surface area contributed by atoms with Crippen LogP contribution in [-0.4, -0.2) is 12.5 Å². The summed E-state index contributed by atoms with van der Waals surface area (Å²) in [5.41, 5.74) is 7.32. The van der Waals surface area contributed by atoms with E-state index in [0.717, 1.165) is 55.5 Å². The van der Waals surface area contributed by atoms with E-state index in [1.54, 1.807) is 11.3 Å². The smallest absolute Gasteiger partial charge is 0.232 e. The van der Waals surface area contributed by atoms with Gasteiger partial charge in [-0.3, -0.25) is 4.79 Å². The zero-order valence-corrected chi connectivity index (χ0v) is 13.0. The lowest BCUT2D eigenvalue weighted by Crippen LogP contribution is -2.43. The molecule has 0 unspecified atom stereocenters. The van der Waals surface area contributed by atoms with Crippen molar-refractivity contribution in [3.8, 4) is 6.07 Å². The summed E-state index contributed by atoms with van der Waals surface area (Å²) in [7, 11) is 0. The largest absolute Gasteiger partial charge is 0.329 e. The van der Waals surface area contributed by atoms with Crippen LogP contribution in [0.3, 0.4) is 0 Å². The zero-order valence-electron chi connectivity index (χ0n) is 12.2. The lowest BCUT2D eigenvalue weighted by atomic mass is 9.73. The first-order valence-corrected chi connectivity index (χ1v) is 8.58. The highest BCUT2D eigenvalue weighted by Crippen LogP contribution is 2.41. The summed E-state index contributed by atoms with van der Waals surface area (Å²) in [5.74, 6) is 0.0149. The van der Waals surface area contributed by atoms with Gasteiger partial charge in [-0.1, -0.05) is 19.3 Å². The summed E-state index contributed by atoms with van der Waals surface area (Å²) < 4.78 is 0. The number of nitrogens with zero attached hydrogens (tertiary/aromatic N) is 1. The van der Waals surface area contributed by atoms with Gasteiger partial charge in [0.25, 0.3) is 0 Å². The van der Waals surface area contributed by atoms with Gasteiger partial charge < -0.3 is 11.1 Å². The molecule has 0 radical (unpaired) electrons. The molecule has 5 heteroatoms. The second kappa shape index (κ2) is 5.78. The summed E-state index contributed by atoms with van der Waals surface area (Å²) in [6, 6.07) is 2.28. The Bertz CT molecular complexity index is 593. The molecule has 1 amide bonds. The Morgan fingerprint density at radius 3 is 2.71 bits per heavy atom. The van der Waals surface area contributed by atoms with Crippen molar-refractivity contribution in [3.63, 3.8) is 0 Å². The van der Waals surface area contributed by atoms with Crippen molar-refractivity contribution in [3.05, 3.63) is 16.0 Å². The van der Waals surface area contributed by atoms with E-state index in [0.29, 0.717) is 12.1 Å². The predicted molar refractivity (Wildman–Crippen MR) is 84.3 cm³/mol. The van der Waals surface area contributed by atoms with E-state index in [-0.39, 0.29) is 5.91 Å². The minimum atomic E-state index is -0.431. The fraction of sp³-hybridized carbons (Fsp3) is 0.625. The maximum absolute atomic E-state index is 12.7. The Hall–Kier alpha value is -1.38. The normalized spacial score (nSPS) is 19.8. The summed E-state index contributed by atoms with van der Waals surface area (Å²) in [6.45, 7) is 0.395. The number of carbonyl (C=O) groups excluding carboxylic acids is 1. The molecule has 3 rings (SSSR count). The molecule has 0 spiro atoms. The van der Waals surface area contributed by atoms with Crippen molar-refractivity contribution in [2.45, 2.75) is 51.4 Å². The van der Waals surface area contributed by atoms with Crippen molar-refractivity contribution in [1.29, 1.82) is 5.26 Å². The predicted octanol–water partition coefficient (Wildman–Crippen LogP) is 2.96. The van der Waals surface area contributed by atoms with Gasteiger partial charge in [-0.2, -0.15) is 5.26 Å². The van der Waals surface area contributed by atoms with Crippen molar-refractivity contribution < 1.29 is 4.79 Å². The number of carbonyl (C=O) groups is 1. The van der Waals surface area contributed by atoms with Gasteiger partial charge in [-0.05, 0) is 37.7 Å². The van der Waals surface area contributed by atoms with Crippen LogP contribution < -0.4 is 11.1 Å². The molecule has 2 aliphatic carbocycles. The number of thiophene rings is 1. The number of rotatable bonds is 3. The Morgan fingerprint density at radius 1 is 1.29 bits per heavy atom. The molecule has 0 atom stereocenters. The van der Waals surface area contributed by atoms with Crippen molar-refractivity contribution in [2.75, 3.05) is 11.9 Å². The van der Waals surface area contributed by atoms with E-state index in [4.69, 9.17) is 5.73 Å². The number of amides is 1. The number of hydrogen-bond acceptors (Lipinski definition) is 4. The Balaban J connectivity index is 1.83. The Morgan fingerprint density at radius 2 is 2.05 bits per heavy atom. The van der Waals surface area contributed by atoms with Crippen molar-refractivity contribution in [2.24, 2.45) is 11.1 Å². The molecule has 1 aromatic rings. The second-order valence-electron chi connectivity index (χ2n) is 6.17. The molecule has 1 aromatic heterocycles. The number of nitrogens with two attached hydrogens (primary N) is 1. The number of nitriles is 1. The SMILES string of the molecule is N#Cc1c(NC(=O)C2(CN)CCCCC2)sc2c1CCC2. The van der Waals surface area contributed by atoms with Crippen LogP contribution in [0.5, 0.6) is 0 Å². The molecule has 112 valence electrons. The molecule has 1 saturated carbocycles. The Kier molecular flexibility index (Phi) is 4.01.